The number of aromatic amines is 1. The van der Waals surface area contributed by atoms with Gasteiger partial charge in [-0.3, -0.25) is 4.79 Å². The van der Waals surface area contributed by atoms with Crippen LogP contribution in [-0.4, -0.2) is 43.4 Å². The lowest BCUT2D eigenvalue weighted by atomic mass is 9.97. The Hall–Kier alpha value is -3.35. The molecule has 1 saturated heterocycles. The Morgan fingerprint density at radius 3 is 3.04 bits per heavy atom. The molecule has 0 bridgehead atoms. The van der Waals surface area contributed by atoms with Crippen LogP contribution in [0.5, 0.6) is 0 Å². The van der Waals surface area contributed by atoms with Crippen molar-refractivity contribution in [3.63, 3.8) is 0 Å². The molecule has 4 aromatic rings. The van der Waals surface area contributed by atoms with Crippen LogP contribution in [0, 0.1) is 0 Å². The summed E-state index contributed by atoms with van der Waals surface area (Å²) in [6, 6.07) is 11.6. The van der Waals surface area contributed by atoms with E-state index in [4.69, 9.17) is 9.40 Å². The van der Waals surface area contributed by atoms with Gasteiger partial charge in [0.2, 0.25) is 0 Å². The summed E-state index contributed by atoms with van der Waals surface area (Å²) in [5.41, 5.74) is 2.01. The number of H-pyrrole nitrogens is 1. The Morgan fingerprint density at radius 1 is 1.25 bits per heavy atom. The molecular weight excluding hydrogens is 354 g/mol. The van der Waals surface area contributed by atoms with Crippen LogP contribution >= 0.6 is 0 Å². The number of para-hydroxylation sites is 2. The molecule has 7 heteroatoms. The number of likely N-dealkylation sites (tertiary alicyclic amines) is 1. The highest BCUT2D eigenvalue weighted by molar-refractivity contribution is 5.91. The third kappa shape index (κ3) is 3.19. The lowest BCUT2D eigenvalue weighted by Gasteiger charge is -2.31. The number of hydrogen-bond acceptors (Lipinski definition) is 4. The molecule has 1 amide bonds. The molecule has 28 heavy (non-hydrogen) atoms. The van der Waals surface area contributed by atoms with Gasteiger partial charge in [0.15, 0.2) is 5.76 Å². The van der Waals surface area contributed by atoms with Crippen LogP contribution in [0.4, 0.5) is 0 Å². The van der Waals surface area contributed by atoms with Crippen LogP contribution < -0.4 is 0 Å². The molecule has 4 heterocycles. The predicted molar refractivity (Wildman–Crippen MR) is 104 cm³/mol. The van der Waals surface area contributed by atoms with Gasteiger partial charge in [0.1, 0.15) is 11.6 Å². The molecule has 1 N–H and O–H groups in total. The van der Waals surface area contributed by atoms with Gasteiger partial charge in [0.05, 0.1) is 23.9 Å². The number of piperidine rings is 1. The summed E-state index contributed by atoms with van der Waals surface area (Å²) in [5.74, 6) is 2.25. The maximum absolute atomic E-state index is 12.9. The molecule has 1 aliphatic heterocycles. The standard InChI is InChI=1S/C21H21N5O2/c27-21(19-8-7-16(28-19)13-25-11-9-22-14-25)26-10-3-4-15(12-26)20-23-17-5-1-2-6-18(17)24-20/h1-2,5-9,11,14-15H,3-4,10,12-13H2,(H,23,24)/t15-/m0/s1. The summed E-state index contributed by atoms with van der Waals surface area (Å²) in [5, 5.41) is 0. The molecule has 1 aromatic carbocycles. The monoisotopic (exact) mass is 375 g/mol. The second kappa shape index (κ2) is 6.99. The number of furan rings is 1. The van der Waals surface area contributed by atoms with Crippen molar-refractivity contribution in [2.75, 3.05) is 13.1 Å². The molecule has 0 radical (unpaired) electrons. The molecule has 7 nitrogen and oxygen atoms in total. The van der Waals surface area contributed by atoms with Crippen LogP contribution in [-0.2, 0) is 6.54 Å². The van der Waals surface area contributed by atoms with Gasteiger partial charge < -0.3 is 18.9 Å². The van der Waals surface area contributed by atoms with Gasteiger partial charge in [-0.2, -0.15) is 0 Å². The van der Waals surface area contributed by atoms with Gasteiger partial charge in [-0.05, 0) is 37.1 Å². The third-order valence-electron chi connectivity index (χ3n) is 5.27. The molecule has 5 rings (SSSR count). The van der Waals surface area contributed by atoms with E-state index in [1.165, 1.54) is 0 Å². The van der Waals surface area contributed by atoms with E-state index in [0.29, 0.717) is 18.8 Å². The molecule has 1 aliphatic rings. The average molecular weight is 375 g/mol. The third-order valence-corrected chi connectivity index (χ3v) is 5.27. The maximum Gasteiger partial charge on any atom is 0.289 e. The minimum Gasteiger partial charge on any atom is -0.454 e. The smallest absolute Gasteiger partial charge is 0.289 e. The van der Waals surface area contributed by atoms with Crippen molar-refractivity contribution < 1.29 is 9.21 Å². The summed E-state index contributed by atoms with van der Waals surface area (Å²) in [6.07, 6.45) is 7.30. The Morgan fingerprint density at radius 2 is 2.18 bits per heavy atom. The van der Waals surface area contributed by atoms with Crippen molar-refractivity contribution in [3.05, 3.63) is 72.5 Å². The number of amides is 1. The molecule has 3 aromatic heterocycles. The molecule has 1 atom stereocenters. The highest BCUT2D eigenvalue weighted by atomic mass is 16.4. The van der Waals surface area contributed by atoms with Gasteiger partial charge in [-0.15, -0.1) is 0 Å². The second-order valence-corrected chi connectivity index (χ2v) is 7.23. The average Bonchev–Trinajstić information content (AvgIpc) is 3.48. The summed E-state index contributed by atoms with van der Waals surface area (Å²) in [4.78, 5) is 27.0. The van der Waals surface area contributed by atoms with Gasteiger partial charge in [0.25, 0.3) is 5.91 Å². The fraction of sp³-hybridized carbons (Fsp3) is 0.286. The number of carbonyl (C=O) groups is 1. The van der Waals surface area contributed by atoms with Crippen LogP contribution in [0.1, 0.15) is 40.9 Å². The predicted octanol–water partition coefficient (Wildman–Crippen LogP) is 3.42. The van der Waals surface area contributed by atoms with Crippen molar-refractivity contribution in [1.82, 2.24) is 24.4 Å². The van der Waals surface area contributed by atoms with Crippen molar-refractivity contribution in [2.45, 2.75) is 25.3 Å². The molecule has 0 spiro atoms. The Bertz CT molecular complexity index is 1060. The lowest BCUT2D eigenvalue weighted by Crippen LogP contribution is -2.39. The van der Waals surface area contributed by atoms with Crippen LogP contribution in [0.25, 0.3) is 11.0 Å². The molecule has 142 valence electrons. The second-order valence-electron chi connectivity index (χ2n) is 7.23. The zero-order valence-corrected chi connectivity index (χ0v) is 15.4. The minimum absolute atomic E-state index is 0.0577. The van der Waals surface area contributed by atoms with Crippen molar-refractivity contribution in [3.8, 4) is 0 Å². The van der Waals surface area contributed by atoms with E-state index in [2.05, 4.69) is 9.97 Å². The van der Waals surface area contributed by atoms with Gasteiger partial charge in [0, 0.05) is 31.4 Å². The summed E-state index contributed by atoms with van der Waals surface area (Å²) in [6.45, 7) is 1.96. The van der Waals surface area contributed by atoms with Crippen molar-refractivity contribution >= 4 is 16.9 Å². The van der Waals surface area contributed by atoms with Crippen molar-refractivity contribution in [2.24, 2.45) is 0 Å². The molecule has 0 aliphatic carbocycles. The first kappa shape index (κ1) is 16.8. The first-order chi connectivity index (χ1) is 13.8. The molecular formula is C21H21N5O2. The number of hydrogen-bond donors (Lipinski definition) is 1. The van der Waals surface area contributed by atoms with Gasteiger partial charge in [-0.25, -0.2) is 9.97 Å². The summed E-state index contributed by atoms with van der Waals surface area (Å²) >= 11 is 0. The first-order valence-electron chi connectivity index (χ1n) is 9.54. The number of fused-ring (bicyclic) bond motifs is 1. The summed E-state index contributed by atoms with van der Waals surface area (Å²) < 4.78 is 7.71. The zero-order chi connectivity index (χ0) is 18.9. The van der Waals surface area contributed by atoms with E-state index in [1.807, 2.05) is 46.0 Å². The van der Waals surface area contributed by atoms with E-state index in [1.54, 1.807) is 18.6 Å². The number of imidazole rings is 2. The van der Waals surface area contributed by atoms with E-state index >= 15 is 0 Å². The van der Waals surface area contributed by atoms with E-state index in [9.17, 15) is 4.79 Å². The molecule has 0 saturated carbocycles. The van der Waals surface area contributed by atoms with Crippen LogP contribution in [0.3, 0.4) is 0 Å². The quantitative estimate of drug-likeness (QED) is 0.593. The van der Waals surface area contributed by atoms with E-state index in [-0.39, 0.29) is 11.8 Å². The molecule has 1 fully saturated rings. The maximum atomic E-state index is 12.9. The van der Waals surface area contributed by atoms with Gasteiger partial charge in [-0.1, -0.05) is 12.1 Å². The normalized spacial score (nSPS) is 17.3. The van der Waals surface area contributed by atoms with E-state index < -0.39 is 0 Å². The molecule has 0 unspecified atom stereocenters. The van der Waals surface area contributed by atoms with Crippen LogP contribution in [0.15, 0.2) is 59.5 Å². The minimum atomic E-state index is -0.0577. The SMILES string of the molecule is O=C(c1ccc(Cn2ccnc2)o1)N1CCC[C@H](c2nc3ccccc3[nH]2)C1. The number of carbonyl (C=O) groups excluding carboxylic acids is 1. The zero-order valence-electron chi connectivity index (χ0n) is 15.4. The van der Waals surface area contributed by atoms with E-state index in [0.717, 1.165) is 42.0 Å². The highest BCUT2D eigenvalue weighted by Crippen LogP contribution is 2.28. The number of aromatic nitrogens is 4. The Balaban J connectivity index is 1.30. The largest absolute Gasteiger partial charge is 0.454 e. The fourth-order valence-corrected chi connectivity index (χ4v) is 3.84. The first-order valence-corrected chi connectivity index (χ1v) is 9.54. The van der Waals surface area contributed by atoms with Gasteiger partial charge >= 0.3 is 0 Å². The summed E-state index contributed by atoms with van der Waals surface area (Å²) in [7, 11) is 0. The number of nitrogens with zero attached hydrogens (tertiary/aromatic N) is 4. The fourth-order valence-electron chi connectivity index (χ4n) is 3.84. The van der Waals surface area contributed by atoms with Crippen LogP contribution in [0.2, 0.25) is 0 Å². The lowest BCUT2D eigenvalue weighted by molar-refractivity contribution is 0.0670. The highest BCUT2D eigenvalue weighted by Gasteiger charge is 2.28. The number of nitrogens with one attached hydrogen (secondary N) is 1. The Labute approximate surface area is 162 Å². The number of rotatable bonds is 4. The van der Waals surface area contributed by atoms with Crippen molar-refractivity contribution in [1.29, 1.82) is 0 Å². The topological polar surface area (TPSA) is 79.9 Å². The Kier molecular flexibility index (Phi) is 4.20. The number of benzene rings is 1.